The molecule has 2 N–H and O–H groups in total. The zero-order valence-electron chi connectivity index (χ0n) is 15.4. The number of anilines is 1. The van der Waals surface area contributed by atoms with Crippen LogP contribution in [0, 0.1) is 18.8 Å². The van der Waals surface area contributed by atoms with E-state index in [0.717, 1.165) is 37.1 Å². The number of thioether (sulfide) groups is 1. The maximum atomic E-state index is 12.6. The van der Waals surface area contributed by atoms with Crippen LogP contribution in [0.25, 0.3) is 0 Å². The van der Waals surface area contributed by atoms with E-state index in [1.807, 2.05) is 25.3 Å². The van der Waals surface area contributed by atoms with Crippen molar-refractivity contribution in [3.8, 4) is 0 Å². The molecule has 138 valence electrons. The van der Waals surface area contributed by atoms with Gasteiger partial charge in [0, 0.05) is 11.6 Å². The number of aromatic nitrogens is 1. The lowest BCUT2D eigenvalue weighted by Crippen LogP contribution is -2.47. The number of hydrogen-bond acceptors (Lipinski definition) is 4. The third kappa shape index (κ3) is 6.34. The number of amides is 2. The quantitative estimate of drug-likeness (QED) is 0.779. The minimum atomic E-state index is -0.512. The molecule has 1 aliphatic carbocycles. The SMILES string of the molecule is CSCCC(NC(=O)C1CCC(C)CC1)C(=O)Nc1cccc(C)n1. The normalized spacial score (nSPS) is 21.4. The Bertz CT molecular complexity index is 586. The second-order valence-electron chi connectivity index (χ2n) is 6.95. The van der Waals surface area contributed by atoms with E-state index in [1.54, 1.807) is 17.8 Å². The van der Waals surface area contributed by atoms with Gasteiger partial charge in [0.1, 0.15) is 11.9 Å². The van der Waals surface area contributed by atoms with Crippen LogP contribution in [0.3, 0.4) is 0 Å². The minimum absolute atomic E-state index is 0.0188. The summed E-state index contributed by atoms with van der Waals surface area (Å²) in [5.41, 5.74) is 0.846. The first-order valence-electron chi connectivity index (χ1n) is 9.03. The van der Waals surface area contributed by atoms with E-state index in [1.165, 1.54) is 0 Å². The van der Waals surface area contributed by atoms with Crippen molar-refractivity contribution in [2.24, 2.45) is 11.8 Å². The summed E-state index contributed by atoms with van der Waals surface area (Å²) in [6.07, 6.45) is 6.64. The molecule has 0 radical (unpaired) electrons. The number of aryl methyl sites for hydroxylation is 1. The van der Waals surface area contributed by atoms with E-state index in [4.69, 9.17) is 0 Å². The Labute approximate surface area is 154 Å². The van der Waals surface area contributed by atoms with Crippen LogP contribution in [-0.4, -0.2) is 34.8 Å². The number of hydrogen-bond donors (Lipinski definition) is 2. The summed E-state index contributed by atoms with van der Waals surface area (Å²) >= 11 is 1.67. The van der Waals surface area contributed by atoms with E-state index in [0.29, 0.717) is 18.2 Å². The summed E-state index contributed by atoms with van der Waals surface area (Å²) < 4.78 is 0. The number of carbonyl (C=O) groups is 2. The predicted octanol–water partition coefficient (Wildman–Crippen LogP) is 3.39. The summed E-state index contributed by atoms with van der Waals surface area (Å²) in [5.74, 6) is 1.92. The maximum absolute atomic E-state index is 12.6. The smallest absolute Gasteiger partial charge is 0.248 e. The fraction of sp³-hybridized carbons (Fsp3) is 0.632. The Balaban J connectivity index is 1.96. The predicted molar refractivity (Wildman–Crippen MR) is 104 cm³/mol. The van der Waals surface area contributed by atoms with Crippen molar-refractivity contribution in [1.29, 1.82) is 0 Å². The lowest BCUT2D eigenvalue weighted by Gasteiger charge is -2.27. The molecule has 2 amide bonds. The summed E-state index contributed by atoms with van der Waals surface area (Å²) in [7, 11) is 0. The zero-order valence-corrected chi connectivity index (χ0v) is 16.2. The van der Waals surface area contributed by atoms with Crippen LogP contribution < -0.4 is 10.6 Å². The molecule has 0 aliphatic heterocycles. The van der Waals surface area contributed by atoms with Crippen molar-refractivity contribution in [1.82, 2.24) is 10.3 Å². The number of pyridine rings is 1. The molecule has 1 aromatic rings. The van der Waals surface area contributed by atoms with Crippen molar-refractivity contribution in [2.45, 2.75) is 52.0 Å². The standard InChI is InChI=1S/C19H29N3O2S/c1-13-7-9-15(10-8-13)18(23)21-16(11-12-25-3)19(24)22-17-6-4-5-14(2)20-17/h4-6,13,15-16H,7-12H2,1-3H3,(H,21,23)(H,20,22,24). The van der Waals surface area contributed by atoms with Gasteiger partial charge in [0.2, 0.25) is 11.8 Å². The molecule has 0 spiro atoms. The summed E-state index contributed by atoms with van der Waals surface area (Å²) in [4.78, 5) is 29.5. The van der Waals surface area contributed by atoms with E-state index >= 15 is 0 Å². The van der Waals surface area contributed by atoms with Crippen molar-refractivity contribution in [3.63, 3.8) is 0 Å². The second-order valence-corrected chi connectivity index (χ2v) is 7.94. The van der Waals surface area contributed by atoms with Gasteiger partial charge in [0.15, 0.2) is 0 Å². The highest BCUT2D eigenvalue weighted by Crippen LogP contribution is 2.28. The van der Waals surface area contributed by atoms with Gasteiger partial charge in [0.05, 0.1) is 0 Å². The fourth-order valence-electron chi connectivity index (χ4n) is 3.14. The molecule has 1 saturated carbocycles. The Hall–Kier alpha value is -1.56. The van der Waals surface area contributed by atoms with Crippen LogP contribution in [0.5, 0.6) is 0 Å². The highest BCUT2D eigenvalue weighted by atomic mass is 32.2. The molecule has 2 rings (SSSR count). The average molecular weight is 364 g/mol. The molecule has 6 heteroatoms. The summed E-state index contributed by atoms with van der Waals surface area (Å²) in [5, 5.41) is 5.81. The van der Waals surface area contributed by atoms with Crippen LogP contribution in [-0.2, 0) is 9.59 Å². The Morgan fingerprint density at radius 3 is 2.64 bits per heavy atom. The van der Waals surface area contributed by atoms with Crippen LogP contribution >= 0.6 is 11.8 Å². The van der Waals surface area contributed by atoms with Gasteiger partial charge in [-0.05, 0) is 69.1 Å². The summed E-state index contributed by atoms with van der Waals surface area (Å²) in [6, 6.07) is 4.99. The molecule has 1 heterocycles. The molecular weight excluding hydrogens is 334 g/mol. The van der Waals surface area contributed by atoms with E-state index in [9.17, 15) is 9.59 Å². The third-order valence-corrected chi connectivity index (χ3v) is 5.41. The number of nitrogens with one attached hydrogen (secondary N) is 2. The molecular formula is C19H29N3O2S. The van der Waals surface area contributed by atoms with Gasteiger partial charge in [-0.3, -0.25) is 9.59 Å². The first kappa shape index (κ1) is 19.8. The summed E-state index contributed by atoms with van der Waals surface area (Å²) in [6.45, 7) is 4.12. The van der Waals surface area contributed by atoms with Gasteiger partial charge in [-0.15, -0.1) is 0 Å². The zero-order chi connectivity index (χ0) is 18.2. The van der Waals surface area contributed by atoms with Crippen LogP contribution in [0.1, 0.15) is 44.7 Å². The molecule has 1 fully saturated rings. The molecule has 1 atom stereocenters. The van der Waals surface area contributed by atoms with Gasteiger partial charge < -0.3 is 10.6 Å². The highest BCUT2D eigenvalue weighted by molar-refractivity contribution is 7.98. The van der Waals surface area contributed by atoms with E-state index < -0.39 is 6.04 Å². The van der Waals surface area contributed by atoms with Crippen LogP contribution in [0.4, 0.5) is 5.82 Å². The molecule has 0 saturated heterocycles. The fourth-order valence-corrected chi connectivity index (χ4v) is 3.61. The van der Waals surface area contributed by atoms with Crippen molar-refractivity contribution in [2.75, 3.05) is 17.3 Å². The maximum Gasteiger partial charge on any atom is 0.248 e. The molecule has 1 aromatic heterocycles. The monoisotopic (exact) mass is 363 g/mol. The lowest BCUT2D eigenvalue weighted by atomic mass is 9.82. The Kier molecular flexibility index (Phi) is 7.75. The highest BCUT2D eigenvalue weighted by Gasteiger charge is 2.28. The molecule has 25 heavy (non-hydrogen) atoms. The molecule has 5 nitrogen and oxygen atoms in total. The van der Waals surface area contributed by atoms with Gasteiger partial charge in [-0.25, -0.2) is 4.98 Å². The molecule has 0 aromatic carbocycles. The first-order valence-corrected chi connectivity index (χ1v) is 10.4. The van der Waals surface area contributed by atoms with Gasteiger partial charge in [0.25, 0.3) is 0 Å². The minimum Gasteiger partial charge on any atom is -0.344 e. The number of carbonyl (C=O) groups excluding carboxylic acids is 2. The lowest BCUT2D eigenvalue weighted by molar-refractivity contribution is -0.130. The van der Waals surface area contributed by atoms with Gasteiger partial charge >= 0.3 is 0 Å². The second kappa shape index (κ2) is 9.80. The van der Waals surface area contributed by atoms with Crippen molar-refractivity contribution >= 4 is 29.4 Å². The van der Waals surface area contributed by atoms with E-state index in [2.05, 4.69) is 22.5 Å². The number of nitrogens with zero attached hydrogens (tertiary/aromatic N) is 1. The van der Waals surface area contributed by atoms with Crippen LogP contribution in [0.15, 0.2) is 18.2 Å². The van der Waals surface area contributed by atoms with Crippen molar-refractivity contribution in [3.05, 3.63) is 23.9 Å². The van der Waals surface area contributed by atoms with Gasteiger partial charge in [-0.1, -0.05) is 13.0 Å². The largest absolute Gasteiger partial charge is 0.344 e. The molecule has 1 unspecified atom stereocenters. The van der Waals surface area contributed by atoms with Crippen molar-refractivity contribution < 1.29 is 9.59 Å². The van der Waals surface area contributed by atoms with E-state index in [-0.39, 0.29) is 17.7 Å². The Morgan fingerprint density at radius 1 is 1.28 bits per heavy atom. The van der Waals surface area contributed by atoms with Crippen LogP contribution in [0.2, 0.25) is 0 Å². The first-order chi connectivity index (χ1) is 12.0. The third-order valence-electron chi connectivity index (χ3n) is 4.77. The number of rotatable bonds is 7. The Morgan fingerprint density at radius 2 is 2.00 bits per heavy atom. The molecule has 0 bridgehead atoms. The topological polar surface area (TPSA) is 71.1 Å². The average Bonchev–Trinajstić information content (AvgIpc) is 2.59. The molecule has 1 aliphatic rings. The van der Waals surface area contributed by atoms with Gasteiger partial charge in [-0.2, -0.15) is 11.8 Å².